The zero-order valence-corrected chi connectivity index (χ0v) is 7.95. The zero-order chi connectivity index (χ0) is 0. The molecule has 0 amide bonds. The minimum absolute atomic E-state index is 0. The second-order valence-corrected chi connectivity index (χ2v) is 0. The SMILES string of the molecule is [Br-].[Br-].[Br-].[Ti+2]. The molecule has 0 rings (SSSR count). The standard InChI is InChI=1S/3BrH.Ti/h3*1H;/q;;;+2/p-3. The van der Waals surface area contributed by atoms with Crippen LogP contribution in [-0.2, 0) is 21.7 Å². The van der Waals surface area contributed by atoms with Crippen LogP contribution in [0.1, 0.15) is 0 Å². The number of rotatable bonds is 0. The van der Waals surface area contributed by atoms with E-state index in [1.165, 1.54) is 0 Å². The Labute approximate surface area is 71.9 Å². The maximum Gasteiger partial charge on any atom is 2.00 e. The summed E-state index contributed by atoms with van der Waals surface area (Å²) in [6.07, 6.45) is 0. The monoisotopic (exact) mass is 285 g/mol. The summed E-state index contributed by atoms with van der Waals surface area (Å²) < 4.78 is 0. The van der Waals surface area contributed by atoms with Gasteiger partial charge in [-0.1, -0.05) is 0 Å². The molecule has 0 aliphatic carbocycles. The fourth-order valence-corrected chi connectivity index (χ4v) is 0. The summed E-state index contributed by atoms with van der Waals surface area (Å²) in [6, 6.07) is 0. The average molecular weight is 288 g/mol. The summed E-state index contributed by atoms with van der Waals surface area (Å²) in [6.45, 7) is 0. The molecule has 0 unspecified atom stereocenters. The van der Waals surface area contributed by atoms with Gasteiger partial charge in [-0.2, -0.15) is 0 Å². The van der Waals surface area contributed by atoms with Gasteiger partial charge in [0.05, 0.1) is 0 Å². The minimum atomic E-state index is 0. The molecule has 0 saturated heterocycles. The molecule has 0 spiro atoms. The van der Waals surface area contributed by atoms with Crippen molar-refractivity contribution in [2.75, 3.05) is 0 Å². The van der Waals surface area contributed by atoms with Crippen LogP contribution >= 0.6 is 0 Å². The van der Waals surface area contributed by atoms with E-state index < -0.39 is 0 Å². The van der Waals surface area contributed by atoms with E-state index in [2.05, 4.69) is 0 Å². The molecule has 26 valence electrons. The fourth-order valence-electron chi connectivity index (χ4n) is 0. The van der Waals surface area contributed by atoms with Gasteiger partial charge in [0.25, 0.3) is 0 Å². The van der Waals surface area contributed by atoms with Crippen LogP contribution in [0.25, 0.3) is 0 Å². The van der Waals surface area contributed by atoms with Gasteiger partial charge in [-0.25, -0.2) is 0 Å². The van der Waals surface area contributed by atoms with Crippen LogP contribution in [0.2, 0.25) is 0 Å². The van der Waals surface area contributed by atoms with Gasteiger partial charge in [-0.05, 0) is 0 Å². The molecular formula is Br3Ti-. The van der Waals surface area contributed by atoms with Crippen molar-refractivity contribution >= 4 is 0 Å². The fraction of sp³-hybridized carbons (Fsp3) is 0. The Bertz CT molecular complexity index is 3.25. The van der Waals surface area contributed by atoms with Crippen molar-refractivity contribution in [3.05, 3.63) is 0 Å². The van der Waals surface area contributed by atoms with Crippen LogP contribution in [0.5, 0.6) is 0 Å². The largest absolute Gasteiger partial charge is 2.00 e. The van der Waals surface area contributed by atoms with Crippen LogP contribution in [0, 0.1) is 0 Å². The van der Waals surface area contributed by atoms with Gasteiger partial charge in [0.1, 0.15) is 0 Å². The molecule has 0 aromatic heterocycles. The van der Waals surface area contributed by atoms with E-state index in [4.69, 9.17) is 0 Å². The van der Waals surface area contributed by atoms with Crippen molar-refractivity contribution in [2.45, 2.75) is 0 Å². The van der Waals surface area contributed by atoms with Crippen molar-refractivity contribution in [3.8, 4) is 0 Å². The van der Waals surface area contributed by atoms with Gasteiger partial charge in [-0.15, -0.1) is 0 Å². The Morgan fingerprint density at radius 1 is 0.500 bits per heavy atom. The summed E-state index contributed by atoms with van der Waals surface area (Å²) in [5.41, 5.74) is 0. The van der Waals surface area contributed by atoms with E-state index in [-0.39, 0.29) is 72.7 Å². The van der Waals surface area contributed by atoms with Crippen LogP contribution in [0.15, 0.2) is 0 Å². The molecule has 4 heavy (non-hydrogen) atoms. The first kappa shape index (κ1) is 35.2. The van der Waals surface area contributed by atoms with Crippen molar-refractivity contribution in [1.29, 1.82) is 0 Å². The van der Waals surface area contributed by atoms with E-state index in [1.54, 1.807) is 0 Å². The summed E-state index contributed by atoms with van der Waals surface area (Å²) >= 11 is 0. The van der Waals surface area contributed by atoms with Gasteiger partial charge in [0.15, 0.2) is 0 Å². The first-order valence-electron chi connectivity index (χ1n) is 0. The van der Waals surface area contributed by atoms with Gasteiger partial charge in [-0.3, -0.25) is 0 Å². The van der Waals surface area contributed by atoms with Gasteiger partial charge >= 0.3 is 21.7 Å². The molecule has 0 heterocycles. The molecule has 4 heteroatoms. The third-order valence-corrected chi connectivity index (χ3v) is 0. The first-order valence-corrected chi connectivity index (χ1v) is 0. The molecule has 0 atom stereocenters. The minimum Gasteiger partial charge on any atom is -1.00 e. The van der Waals surface area contributed by atoms with Crippen LogP contribution in [-0.4, -0.2) is 0 Å². The van der Waals surface area contributed by atoms with Gasteiger partial charge in [0, 0.05) is 0 Å². The number of halogens is 3. The molecule has 0 fully saturated rings. The van der Waals surface area contributed by atoms with Crippen molar-refractivity contribution in [3.63, 3.8) is 0 Å². The summed E-state index contributed by atoms with van der Waals surface area (Å²) in [7, 11) is 0. The quantitative estimate of drug-likeness (QED) is 0.388. The van der Waals surface area contributed by atoms with E-state index in [0.717, 1.165) is 0 Å². The molecule has 0 bridgehead atoms. The average Bonchev–Trinajstić information content (AvgIpc) is 0. The summed E-state index contributed by atoms with van der Waals surface area (Å²) in [4.78, 5) is 0. The van der Waals surface area contributed by atoms with Crippen molar-refractivity contribution in [1.82, 2.24) is 0 Å². The zero-order valence-electron chi connectivity index (χ0n) is 1.63. The topological polar surface area (TPSA) is 0 Å². The van der Waals surface area contributed by atoms with Crippen molar-refractivity contribution < 1.29 is 72.7 Å². The second kappa shape index (κ2) is 19.2. The van der Waals surface area contributed by atoms with Crippen LogP contribution in [0.3, 0.4) is 0 Å². The maximum atomic E-state index is 0. The normalized spacial score (nSPS) is 0. The Morgan fingerprint density at radius 3 is 0.500 bits per heavy atom. The predicted molar refractivity (Wildman–Crippen MR) is 0 cm³/mol. The maximum absolute atomic E-state index is 0. The predicted octanol–water partition coefficient (Wildman–Crippen LogP) is -8.99. The molecule has 0 aliphatic rings. The second-order valence-electron chi connectivity index (χ2n) is 0. The Balaban J connectivity index is 0. The van der Waals surface area contributed by atoms with Gasteiger partial charge < -0.3 is 50.9 Å². The molecular weight excluding hydrogens is 288 g/mol. The Morgan fingerprint density at radius 2 is 0.500 bits per heavy atom. The summed E-state index contributed by atoms with van der Waals surface area (Å²) in [5, 5.41) is 0. The molecule has 0 aromatic carbocycles. The molecule has 0 N–H and O–H groups in total. The number of hydrogen-bond acceptors (Lipinski definition) is 0. The Hall–Kier alpha value is 2.15. The molecule has 0 aliphatic heterocycles. The molecule has 0 nitrogen and oxygen atoms in total. The van der Waals surface area contributed by atoms with Gasteiger partial charge in [0.2, 0.25) is 0 Å². The third-order valence-electron chi connectivity index (χ3n) is 0. The first-order chi connectivity index (χ1) is 0. The van der Waals surface area contributed by atoms with E-state index in [0.29, 0.717) is 0 Å². The summed E-state index contributed by atoms with van der Waals surface area (Å²) in [5.74, 6) is 0. The smallest absolute Gasteiger partial charge is 1.00 e. The van der Waals surface area contributed by atoms with E-state index in [9.17, 15) is 0 Å². The van der Waals surface area contributed by atoms with Crippen LogP contribution in [0.4, 0.5) is 0 Å². The molecule has 0 saturated carbocycles. The Kier molecular flexibility index (Phi) is 169. The van der Waals surface area contributed by atoms with E-state index >= 15 is 0 Å². The van der Waals surface area contributed by atoms with E-state index in [1.807, 2.05) is 0 Å². The third kappa shape index (κ3) is 8.91. The van der Waals surface area contributed by atoms with Crippen LogP contribution < -0.4 is 50.9 Å². The van der Waals surface area contributed by atoms with Crippen molar-refractivity contribution in [2.24, 2.45) is 0 Å². The molecule has 0 radical (unpaired) electrons. The molecule has 0 aromatic rings. The number of hydrogen-bond donors (Lipinski definition) is 0.